The number of aliphatic imine (C=N–C) groups is 1. The lowest BCUT2D eigenvalue weighted by Crippen LogP contribution is -2.39. The van der Waals surface area contributed by atoms with Crippen LogP contribution >= 0.6 is 0 Å². The molecule has 23 heavy (non-hydrogen) atoms. The number of pyridine rings is 1. The standard InChI is InChI=1S/C14H19N5O3S/c1-8-10(12(15)13-14(16-8)19-22-18-13)7-9-5-4-6-11(17-9)23(2,3,20)21/h4-6,13,18H,7,15H2,1-3H3,(H,20,21). The fourth-order valence-corrected chi connectivity index (χ4v) is 3.28. The number of oxime groups is 1. The monoisotopic (exact) mass is 337 g/mol. The summed E-state index contributed by atoms with van der Waals surface area (Å²) in [5.41, 5.74) is 11.6. The summed E-state index contributed by atoms with van der Waals surface area (Å²) in [5.74, 6) is 0.492. The van der Waals surface area contributed by atoms with Gasteiger partial charge in [0.1, 0.15) is 11.1 Å². The third-order valence-electron chi connectivity index (χ3n) is 3.68. The third-order valence-corrected chi connectivity index (χ3v) is 5.10. The Morgan fingerprint density at radius 3 is 2.87 bits per heavy atom. The van der Waals surface area contributed by atoms with Crippen LogP contribution in [-0.2, 0) is 20.7 Å². The molecule has 3 rings (SSSR count). The first-order chi connectivity index (χ1) is 10.6. The highest BCUT2D eigenvalue weighted by Crippen LogP contribution is 2.25. The van der Waals surface area contributed by atoms with Gasteiger partial charge in [0.25, 0.3) is 0 Å². The first-order valence-electron chi connectivity index (χ1n) is 6.98. The lowest BCUT2D eigenvalue weighted by Gasteiger charge is -2.32. The van der Waals surface area contributed by atoms with Crippen LogP contribution in [0.25, 0.3) is 0 Å². The Morgan fingerprint density at radius 2 is 2.17 bits per heavy atom. The van der Waals surface area contributed by atoms with E-state index >= 15 is 0 Å². The minimum absolute atomic E-state index is 0.161. The maximum Gasteiger partial charge on any atom is 0.197 e. The van der Waals surface area contributed by atoms with Crippen LogP contribution in [0.3, 0.4) is 0 Å². The summed E-state index contributed by atoms with van der Waals surface area (Å²) >= 11 is 0. The molecule has 0 fully saturated rings. The minimum Gasteiger partial charge on any atom is -0.400 e. The van der Waals surface area contributed by atoms with Crippen molar-refractivity contribution in [1.82, 2.24) is 10.5 Å². The molecule has 1 atom stereocenters. The van der Waals surface area contributed by atoms with Crippen molar-refractivity contribution in [3.8, 4) is 0 Å². The van der Waals surface area contributed by atoms with E-state index in [1.807, 2.05) is 6.92 Å². The van der Waals surface area contributed by atoms with Crippen LogP contribution in [-0.4, -0.2) is 43.8 Å². The summed E-state index contributed by atoms with van der Waals surface area (Å²) < 4.78 is 22.4. The third kappa shape index (κ3) is 3.03. The molecule has 8 nitrogen and oxygen atoms in total. The minimum atomic E-state index is -3.89. The number of hydrogen-bond donors (Lipinski definition) is 3. The van der Waals surface area contributed by atoms with Crippen molar-refractivity contribution in [2.75, 3.05) is 12.5 Å². The second-order valence-corrected chi connectivity index (χ2v) is 10.1. The molecule has 0 radical (unpaired) electrons. The molecule has 0 aliphatic carbocycles. The molecule has 9 heteroatoms. The van der Waals surface area contributed by atoms with Gasteiger partial charge in [0.15, 0.2) is 5.84 Å². The molecule has 0 aromatic carbocycles. The number of dihydropyridines is 1. The smallest absolute Gasteiger partial charge is 0.197 e. The molecule has 0 spiro atoms. The largest absolute Gasteiger partial charge is 0.400 e. The normalized spacial score (nSPS) is 22.6. The summed E-state index contributed by atoms with van der Waals surface area (Å²) in [6.07, 6.45) is 2.98. The molecule has 1 aromatic heterocycles. The molecule has 1 aromatic rings. The van der Waals surface area contributed by atoms with Crippen LogP contribution in [0.1, 0.15) is 12.6 Å². The summed E-state index contributed by atoms with van der Waals surface area (Å²) in [6.45, 7) is 1.83. The quantitative estimate of drug-likeness (QED) is 0.735. The van der Waals surface area contributed by atoms with Gasteiger partial charge in [-0.3, -0.25) is 9.49 Å². The topological polar surface area (TPSA) is 122 Å². The summed E-state index contributed by atoms with van der Waals surface area (Å²) in [7, 11) is -3.89. The van der Waals surface area contributed by atoms with Crippen LogP contribution in [0.15, 0.2) is 44.6 Å². The van der Waals surface area contributed by atoms with Crippen molar-refractivity contribution in [3.05, 3.63) is 35.2 Å². The Labute approximate surface area is 133 Å². The lowest BCUT2D eigenvalue weighted by atomic mass is 9.96. The number of hydrogen-bond acceptors (Lipinski definition) is 7. The predicted molar refractivity (Wildman–Crippen MR) is 88.6 cm³/mol. The van der Waals surface area contributed by atoms with E-state index in [0.29, 0.717) is 23.6 Å². The van der Waals surface area contributed by atoms with Crippen LogP contribution in [0.2, 0.25) is 0 Å². The number of rotatable bonds is 3. The van der Waals surface area contributed by atoms with E-state index in [2.05, 4.69) is 20.6 Å². The summed E-state index contributed by atoms with van der Waals surface area (Å²) in [5, 5.41) is 3.93. The second-order valence-electron chi connectivity index (χ2n) is 6.13. The first kappa shape index (κ1) is 15.8. The highest BCUT2D eigenvalue weighted by molar-refractivity contribution is 8.13. The van der Waals surface area contributed by atoms with Crippen molar-refractivity contribution in [3.63, 3.8) is 0 Å². The molecule has 1 unspecified atom stereocenters. The zero-order valence-corrected chi connectivity index (χ0v) is 13.9. The maximum absolute atomic E-state index is 12.3. The number of aromatic nitrogens is 1. The van der Waals surface area contributed by atoms with E-state index in [0.717, 1.165) is 11.3 Å². The number of nitrogens with two attached hydrogens (primary N) is 1. The van der Waals surface area contributed by atoms with Crippen molar-refractivity contribution in [2.24, 2.45) is 15.9 Å². The van der Waals surface area contributed by atoms with Gasteiger partial charge in [0.05, 0.1) is 0 Å². The van der Waals surface area contributed by atoms with E-state index < -0.39 is 9.35 Å². The molecule has 2 aliphatic rings. The number of nitrogens with one attached hydrogen (secondary N) is 1. The number of amidine groups is 1. The SMILES string of the molecule is CC1=NC2=NONC2C(N)=C1Cc1cccc(S(C)(C)(=O)O)n1. The average molecular weight is 337 g/mol. The van der Waals surface area contributed by atoms with Gasteiger partial charge in [0.2, 0.25) is 0 Å². The van der Waals surface area contributed by atoms with E-state index in [9.17, 15) is 8.76 Å². The second kappa shape index (κ2) is 4.95. The van der Waals surface area contributed by atoms with Gasteiger partial charge in [-0.15, -0.1) is 5.48 Å². The van der Waals surface area contributed by atoms with Gasteiger partial charge in [-0.1, -0.05) is 6.07 Å². The molecule has 0 amide bonds. The first-order valence-corrected chi connectivity index (χ1v) is 9.72. The molecule has 2 aliphatic heterocycles. The maximum atomic E-state index is 12.3. The molecule has 3 heterocycles. The van der Waals surface area contributed by atoms with E-state index in [1.54, 1.807) is 18.2 Å². The number of hydroxylamine groups is 1. The Bertz CT molecular complexity index is 826. The van der Waals surface area contributed by atoms with Gasteiger partial charge in [-0.25, -0.2) is 14.2 Å². The fourth-order valence-electron chi connectivity index (χ4n) is 2.43. The van der Waals surface area contributed by atoms with Gasteiger partial charge < -0.3 is 5.73 Å². The van der Waals surface area contributed by atoms with Crippen molar-refractivity contribution in [1.29, 1.82) is 0 Å². The Morgan fingerprint density at radius 1 is 1.43 bits per heavy atom. The highest BCUT2D eigenvalue weighted by atomic mass is 32.3. The van der Waals surface area contributed by atoms with Crippen molar-refractivity contribution >= 4 is 20.9 Å². The predicted octanol–water partition coefficient (Wildman–Crippen LogP) is 0.440. The molecule has 0 bridgehead atoms. The Kier molecular flexibility index (Phi) is 3.40. The fraction of sp³-hybridized carbons (Fsp3) is 0.357. The van der Waals surface area contributed by atoms with Gasteiger partial charge in [0, 0.05) is 41.6 Å². The van der Waals surface area contributed by atoms with E-state index in [4.69, 9.17) is 10.7 Å². The van der Waals surface area contributed by atoms with Gasteiger partial charge in [-0.05, 0) is 24.2 Å². The van der Waals surface area contributed by atoms with Crippen molar-refractivity contribution in [2.45, 2.75) is 24.4 Å². The molecule has 0 saturated heterocycles. The summed E-state index contributed by atoms with van der Waals surface area (Å²) in [6, 6.07) is 4.68. The Balaban J connectivity index is 1.95. The van der Waals surface area contributed by atoms with Crippen molar-refractivity contribution < 1.29 is 13.7 Å². The number of fused-ring (bicyclic) bond motifs is 1. The highest BCUT2D eigenvalue weighted by Gasteiger charge is 2.32. The number of allylic oxidation sites excluding steroid dienone is 1. The zero-order chi connectivity index (χ0) is 16.9. The van der Waals surface area contributed by atoms with Gasteiger partial charge in [-0.2, -0.15) is 9.35 Å². The average Bonchev–Trinajstić information content (AvgIpc) is 2.90. The van der Waals surface area contributed by atoms with E-state index in [1.165, 1.54) is 12.5 Å². The summed E-state index contributed by atoms with van der Waals surface area (Å²) in [4.78, 5) is 13.5. The van der Waals surface area contributed by atoms with Gasteiger partial charge >= 0.3 is 0 Å². The number of nitrogens with zero attached hydrogens (tertiary/aromatic N) is 3. The molecule has 124 valence electrons. The molecule has 4 N–H and O–H groups in total. The molecular weight excluding hydrogens is 318 g/mol. The molecular formula is C14H19N5O3S. The van der Waals surface area contributed by atoms with Crippen LogP contribution < -0.4 is 11.2 Å². The van der Waals surface area contributed by atoms with Crippen LogP contribution in [0.5, 0.6) is 0 Å². The molecule has 0 saturated carbocycles. The van der Waals surface area contributed by atoms with E-state index in [-0.39, 0.29) is 11.1 Å². The van der Waals surface area contributed by atoms with Crippen LogP contribution in [0.4, 0.5) is 0 Å². The Hall–Kier alpha value is -2.10. The van der Waals surface area contributed by atoms with Crippen LogP contribution in [0, 0.1) is 0 Å². The zero-order valence-electron chi connectivity index (χ0n) is 13.1. The lowest BCUT2D eigenvalue weighted by molar-refractivity contribution is 0.0652.